The van der Waals surface area contributed by atoms with Crippen LogP contribution >= 0.6 is 0 Å². The summed E-state index contributed by atoms with van der Waals surface area (Å²) in [6, 6.07) is 12.8. The number of piperidine rings is 1. The molecule has 67 heavy (non-hydrogen) atoms. The number of nitrogens with one attached hydrogen (secondary N) is 2. The number of carbonyl (C=O) groups excluding carboxylic acids is 4. The number of anilines is 3. The van der Waals surface area contributed by atoms with Crippen LogP contribution in [0.25, 0.3) is 0 Å². The average Bonchev–Trinajstić information content (AvgIpc) is 3.84. The molecular formula is C47H56F3N11O6. The quantitative estimate of drug-likeness (QED) is 0.125. The molecule has 7 rings (SSSR count). The molecule has 4 N–H and O–H groups in total. The summed E-state index contributed by atoms with van der Waals surface area (Å²) >= 11 is 0. The van der Waals surface area contributed by atoms with Gasteiger partial charge >= 0.3 is 12.3 Å². The number of aromatic nitrogens is 4. The molecule has 3 aliphatic heterocycles. The zero-order chi connectivity index (χ0) is 48.2. The predicted octanol–water partition coefficient (Wildman–Crippen LogP) is 5.62. The summed E-state index contributed by atoms with van der Waals surface area (Å²) in [7, 11) is 1.79. The van der Waals surface area contributed by atoms with Gasteiger partial charge in [-0.3, -0.25) is 29.1 Å². The molecule has 0 unspecified atom stereocenters. The van der Waals surface area contributed by atoms with E-state index in [2.05, 4.69) is 32.7 Å². The van der Waals surface area contributed by atoms with E-state index in [1.807, 2.05) is 6.07 Å². The zero-order valence-corrected chi connectivity index (χ0v) is 38.2. The van der Waals surface area contributed by atoms with E-state index in [0.29, 0.717) is 40.5 Å². The lowest BCUT2D eigenvalue weighted by atomic mass is 9.75. The number of alkyl halides is 3. The number of benzene rings is 2. The predicted molar refractivity (Wildman–Crippen MR) is 240 cm³/mol. The molecule has 2 saturated heterocycles. The first-order valence-electron chi connectivity index (χ1n) is 22.3. The van der Waals surface area contributed by atoms with Gasteiger partial charge in [-0.25, -0.2) is 9.78 Å². The van der Waals surface area contributed by atoms with E-state index in [1.54, 1.807) is 74.3 Å². The second kappa shape index (κ2) is 20.2. The number of aryl methyl sites for hydroxylation is 1. The Kier molecular flexibility index (Phi) is 14.6. The van der Waals surface area contributed by atoms with Crippen molar-refractivity contribution in [2.45, 2.75) is 96.7 Å². The number of nitrogens with two attached hydrogens (primary N) is 1. The van der Waals surface area contributed by atoms with Gasteiger partial charge in [0.25, 0.3) is 5.91 Å². The first-order chi connectivity index (χ1) is 31.8. The van der Waals surface area contributed by atoms with E-state index in [4.69, 9.17) is 20.2 Å². The minimum atomic E-state index is -4.75. The Morgan fingerprint density at radius 3 is 2.46 bits per heavy atom. The van der Waals surface area contributed by atoms with Crippen molar-refractivity contribution in [1.29, 1.82) is 5.26 Å². The van der Waals surface area contributed by atoms with Gasteiger partial charge in [-0.15, -0.1) is 10.2 Å². The lowest BCUT2D eigenvalue weighted by molar-refractivity contribution is -0.138. The van der Waals surface area contributed by atoms with Crippen molar-refractivity contribution in [1.82, 2.24) is 30.0 Å². The van der Waals surface area contributed by atoms with Crippen LogP contribution in [-0.2, 0) is 63.8 Å². The highest BCUT2D eigenvalue weighted by atomic mass is 19.4. The smallest absolute Gasteiger partial charge is 0.416 e. The highest BCUT2D eigenvalue weighted by Gasteiger charge is 2.45. The summed E-state index contributed by atoms with van der Waals surface area (Å²) in [5.74, 6) is -0.671. The number of nitrogens with zero attached hydrogens (tertiary/aromatic N) is 8. The maximum absolute atomic E-state index is 14.9. The van der Waals surface area contributed by atoms with Crippen LogP contribution in [0, 0.1) is 23.2 Å². The number of rotatable bonds is 16. The van der Waals surface area contributed by atoms with Crippen LogP contribution in [0.2, 0.25) is 0 Å². The number of hydrogen-bond donors (Lipinski definition) is 3. The summed E-state index contributed by atoms with van der Waals surface area (Å²) in [5, 5.41) is 23.3. The Balaban J connectivity index is 1.17. The number of fused-ring (bicyclic) bond motifs is 1. The SMILES string of the molecule is CC(C)[C@H](N)C(=O)N[C@@H](C)C(=O)Nc1ccc(COC(=O)N(CCC#N)c2cc(C3(Cc4nncn4C)COC3)cc(N3Cc4c(cc(CN5CCC[C@H](C)C5)cc4C(F)(F)F)C3=O)n2)cc1. The topological polar surface area (TPSA) is 214 Å². The molecule has 0 spiro atoms. The van der Waals surface area contributed by atoms with Crippen LogP contribution in [0.5, 0.6) is 0 Å². The van der Waals surface area contributed by atoms with Crippen molar-refractivity contribution in [3.8, 4) is 6.07 Å². The minimum Gasteiger partial charge on any atom is -0.444 e. The molecule has 2 aromatic carbocycles. The van der Waals surface area contributed by atoms with Crippen LogP contribution < -0.4 is 26.2 Å². The molecule has 0 aliphatic carbocycles. The van der Waals surface area contributed by atoms with Crippen LogP contribution in [-0.4, -0.2) is 93.4 Å². The molecule has 2 aromatic heterocycles. The van der Waals surface area contributed by atoms with Gasteiger partial charge in [-0.1, -0.05) is 32.9 Å². The summed E-state index contributed by atoms with van der Waals surface area (Å²) in [4.78, 5) is 62.9. The molecule has 0 bridgehead atoms. The van der Waals surface area contributed by atoms with Gasteiger partial charge in [0.05, 0.1) is 43.9 Å². The molecule has 3 aliphatic rings. The first-order valence-corrected chi connectivity index (χ1v) is 22.3. The number of nitriles is 1. The van der Waals surface area contributed by atoms with Gasteiger partial charge in [0, 0.05) is 49.8 Å². The third kappa shape index (κ3) is 11.1. The van der Waals surface area contributed by atoms with E-state index in [0.717, 1.165) is 36.9 Å². The fourth-order valence-corrected chi connectivity index (χ4v) is 8.56. The fourth-order valence-electron chi connectivity index (χ4n) is 8.56. The van der Waals surface area contributed by atoms with E-state index in [1.165, 1.54) is 11.8 Å². The summed E-state index contributed by atoms with van der Waals surface area (Å²) < 4.78 is 57.8. The number of hydrogen-bond acceptors (Lipinski definition) is 12. The van der Waals surface area contributed by atoms with Crippen LogP contribution in [0.1, 0.15) is 91.0 Å². The minimum absolute atomic E-state index is 0.00140. The van der Waals surface area contributed by atoms with Crippen LogP contribution in [0.3, 0.4) is 0 Å². The van der Waals surface area contributed by atoms with Crippen LogP contribution in [0.15, 0.2) is 54.9 Å². The molecule has 4 amide bonds. The maximum atomic E-state index is 14.9. The number of likely N-dealkylation sites (tertiary alicyclic amines) is 1. The number of carbonyl (C=O) groups is 4. The summed E-state index contributed by atoms with van der Waals surface area (Å²) in [6.45, 7) is 8.61. The van der Waals surface area contributed by atoms with Crippen molar-refractivity contribution in [3.05, 3.63) is 94.1 Å². The zero-order valence-electron chi connectivity index (χ0n) is 38.2. The molecule has 0 radical (unpaired) electrons. The highest BCUT2D eigenvalue weighted by Crippen LogP contribution is 2.43. The van der Waals surface area contributed by atoms with Crippen LogP contribution in [0.4, 0.5) is 35.3 Å². The summed E-state index contributed by atoms with van der Waals surface area (Å²) in [5.41, 5.74) is 5.95. The third-order valence-electron chi connectivity index (χ3n) is 12.6. The van der Waals surface area contributed by atoms with E-state index in [9.17, 15) is 37.6 Å². The number of halogens is 3. The Hall–Kier alpha value is -6.43. The lowest BCUT2D eigenvalue weighted by Crippen LogP contribution is -2.50. The number of amides is 4. The standard InChI is InChI=1S/C47H56F3N11O6/c1-28(2)41(52)43(63)54-30(4)42(62)55-34-11-9-31(10-12-34)24-67-45(65)60(15-7-13-51)38-18-33(46(25-66-26-46)20-40-57-53-27-58(40)5)19-39(56-38)61-23-36-35(44(61)64)16-32(17-37(36)47(48,49)50)22-59-14-6-8-29(3)21-59/h9-12,16-19,27-30,41H,6-8,14-15,20-26,52H2,1-5H3,(H,54,63)(H,55,62)/t29-,30-,41-/m0/s1. The molecule has 0 saturated carbocycles. The molecule has 2 fully saturated rings. The van der Waals surface area contributed by atoms with E-state index in [-0.39, 0.29) is 68.0 Å². The molecule has 356 valence electrons. The fraction of sp³-hybridized carbons (Fsp3) is 0.489. The highest BCUT2D eigenvalue weighted by molar-refractivity contribution is 6.10. The maximum Gasteiger partial charge on any atom is 0.416 e. The Labute approximate surface area is 386 Å². The van der Waals surface area contributed by atoms with Gasteiger partial charge in [0.15, 0.2) is 0 Å². The second-order valence-electron chi connectivity index (χ2n) is 18.2. The lowest BCUT2D eigenvalue weighted by Gasteiger charge is -2.42. The molecular weight excluding hydrogens is 872 g/mol. The van der Waals surface area contributed by atoms with Crippen molar-refractivity contribution < 1.29 is 41.8 Å². The molecule has 20 heteroatoms. The van der Waals surface area contributed by atoms with Gasteiger partial charge in [0.1, 0.15) is 36.4 Å². The average molecular weight is 928 g/mol. The Morgan fingerprint density at radius 1 is 1.09 bits per heavy atom. The molecule has 5 heterocycles. The van der Waals surface area contributed by atoms with Crippen molar-refractivity contribution in [3.63, 3.8) is 0 Å². The van der Waals surface area contributed by atoms with E-state index >= 15 is 0 Å². The van der Waals surface area contributed by atoms with Crippen molar-refractivity contribution in [2.75, 3.05) is 48.0 Å². The van der Waals surface area contributed by atoms with Crippen molar-refractivity contribution in [2.24, 2.45) is 24.6 Å². The van der Waals surface area contributed by atoms with Gasteiger partial charge < -0.3 is 30.4 Å². The van der Waals surface area contributed by atoms with Crippen molar-refractivity contribution >= 4 is 41.1 Å². The Bertz CT molecular complexity index is 2520. The van der Waals surface area contributed by atoms with E-state index < -0.39 is 59.6 Å². The number of ether oxygens (including phenoxy) is 2. The van der Waals surface area contributed by atoms with Gasteiger partial charge in [-0.2, -0.15) is 18.4 Å². The second-order valence-corrected chi connectivity index (χ2v) is 18.2. The largest absolute Gasteiger partial charge is 0.444 e. The monoisotopic (exact) mass is 927 g/mol. The molecule has 17 nitrogen and oxygen atoms in total. The first kappa shape index (κ1) is 48.5. The van der Waals surface area contributed by atoms with Gasteiger partial charge in [-0.05, 0) is 96.8 Å². The molecule has 4 aromatic rings. The third-order valence-corrected chi connectivity index (χ3v) is 12.6. The van der Waals surface area contributed by atoms with Gasteiger partial charge in [0.2, 0.25) is 11.8 Å². The molecule has 3 atom stereocenters. The Morgan fingerprint density at radius 2 is 1.84 bits per heavy atom. The summed E-state index contributed by atoms with van der Waals surface area (Å²) in [6.07, 6.45) is -1.90. The normalized spacial score (nSPS) is 17.8. The number of pyridine rings is 1.